The number of aliphatic hydroxyl groups excluding tert-OH is 1. The molecule has 0 aliphatic heterocycles. The average molecular weight is 242 g/mol. The molecule has 5 heteroatoms. The predicted molar refractivity (Wildman–Crippen MR) is 65.4 cm³/mol. The third-order valence-corrected chi connectivity index (χ3v) is 3.28. The van der Waals surface area contributed by atoms with E-state index in [0.29, 0.717) is 0 Å². The summed E-state index contributed by atoms with van der Waals surface area (Å²) >= 11 is 1.53. The van der Waals surface area contributed by atoms with Crippen LogP contribution in [-0.2, 0) is 4.79 Å². The molecule has 1 heterocycles. The Morgan fingerprint density at radius 2 is 2.31 bits per heavy atom. The van der Waals surface area contributed by atoms with Gasteiger partial charge in [-0.2, -0.15) is 11.3 Å². The number of hydrogen-bond donors (Lipinski definition) is 3. The smallest absolute Gasteiger partial charge is 0.239 e. The zero-order chi connectivity index (χ0) is 12.2. The highest BCUT2D eigenvalue weighted by molar-refractivity contribution is 7.07. The van der Waals surface area contributed by atoms with Crippen LogP contribution in [0.25, 0.3) is 0 Å². The minimum Gasteiger partial charge on any atom is -0.387 e. The Hall–Kier alpha value is -0.910. The predicted octanol–water partition coefficient (Wildman–Crippen LogP) is 0.896. The van der Waals surface area contributed by atoms with Gasteiger partial charge in [0, 0.05) is 6.54 Å². The molecule has 1 unspecified atom stereocenters. The van der Waals surface area contributed by atoms with Gasteiger partial charge in [-0.15, -0.1) is 0 Å². The molecule has 1 amide bonds. The van der Waals surface area contributed by atoms with Gasteiger partial charge in [-0.05, 0) is 43.3 Å². The van der Waals surface area contributed by atoms with Crippen molar-refractivity contribution in [3.05, 3.63) is 22.4 Å². The number of nitrogens with one attached hydrogen (secondary N) is 2. The van der Waals surface area contributed by atoms with Crippen LogP contribution in [-0.4, -0.2) is 30.1 Å². The van der Waals surface area contributed by atoms with Gasteiger partial charge >= 0.3 is 0 Å². The second-order valence-corrected chi connectivity index (χ2v) is 4.94. The molecule has 1 aromatic rings. The fraction of sp³-hybridized carbons (Fsp3) is 0.545. The highest BCUT2D eigenvalue weighted by Gasteiger charge is 2.25. The van der Waals surface area contributed by atoms with Crippen LogP contribution < -0.4 is 10.6 Å². The van der Waals surface area contributed by atoms with Crippen molar-refractivity contribution in [3.63, 3.8) is 0 Å². The van der Waals surface area contributed by atoms with Crippen molar-refractivity contribution in [3.8, 4) is 0 Å². The summed E-state index contributed by atoms with van der Waals surface area (Å²) in [4.78, 5) is 11.7. The maximum atomic E-state index is 11.7. The van der Waals surface area contributed by atoms with Crippen LogP contribution in [0, 0.1) is 0 Å². The quantitative estimate of drug-likeness (QED) is 0.719. The maximum absolute atomic E-state index is 11.7. The lowest BCUT2D eigenvalue weighted by Gasteiger charge is -2.23. The zero-order valence-corrected chi connectivity index (χ0v) is 10.6. The standard InChI is InChI=1S/C11H18N2O2S/c1-11(2,12-3)10(15)13-6-9(14)8-4-5-16-7-8/h4-5,7,9,12,14H,6H2,1-3H3,(H,13,15). The van der Waals surface area contributed by atoms with Gasteiger partial charge in [0.1, 0.15) is 0 Å². The van der Waals surface area contributed by atoms with Crippen molar-refractivity contribution >= 4 is 17.2 Å². The molecule has 16 heavy (non-hydrogen) atoms. The van der Waals surface area contributed by atoms with E-state index in [2.05, 4.69) is 10.6 Å². The normalized spacial score (nSPS) is 13.5. The van der Waals surface area contributed by atoms with Gasteiger partial charge in [0.05, 0.1) is 11.6 Å². The first kappa shape index (κ1) is 13.2. The summed E-state index contributed by atoms with van der Waals surface area (Å²) in [5, 5.41) is 19.2. The summed E-state index contributed by atoms with van der Waals surface area (Å²) in [6.45, 7) is 3.82. The number of likely N-dealkylation sites (N-methyl/N-ethyl adjacent to an activating group) is 1. The molecule has 0 saturated carbocycles. The van der Waals surface area contributed by atoms with E-state index >= 15 is 0 Å². The molecule has 0 radical (unpaired) electrons. The van der Waals surface area contributed by atoms with E-state index in [1.54, 1.807) is 20.9 Å². The second kappa shape index (κ2) is 5.43. The first-order valence-electron chi connectivity index (χ1n) is 5.14. The lowest BCUT2D eigenvalue weighted by molar-refractivity contribution is -0.126. The van der Waals surface area contributed by atoms with Crippen LogP contribution in [0.1, 0.15) is 25.5 Å². The Morgan fingerprint density at radius 1 is 1.62 bits per heavy atom. The highest BCUT2D eigenvalue weighted by Crippen LogP contribution is 2.15. The Kier molecular flexibility index (Phi) is 4.46. The van der Waals surface area contributed by atoms with E-state index in [-0.39, 0.29) is 12.5 Å². The van der Waals surface area contributed by atoms with Crippen molar-refractivity contribution in [2.24, 2.45) is 0 Å². The highest BCUT2D eigenvalue weighted by atomic mass is 32.1. The Bertz CT molecular complexity index is 336. The monoisotopic (exact) mass is 242 g/mol. The lowest BCUT2D eigenvalue weighted by Crippen LogP contribution is -2.51. The zero-order valence-electron chi connectivity index (χ0n) is 9.78. The summed E-state index contributed by atoms with van der Waals surface area (Å²) in [6, 6.07) is 1.85. The van der Waals surface area contributed by atoms with Crippen molar-refractivity contribution in [1.29, 1.82) is 0 Å². The number of carbonyl (C=O) groups excluding carboxylic acids is 1. The number of hydrogen-bond acceptors (Lipinski definition) is 4. The Balaban J connectivity index is 2.44. The Morgan fingerprint density at radius 3 is 2.81 bits per heavy atom. The van der Waals surface area contributed by atoms with Crippen LogP contribution in [0.3, 0.4) is 0 Å². The molecular weight excluding hydrogens is 224 g/mol. The molecule has 1 aromatic heterocycles. The molecule has 0 aromatic carbocycles. The SMILES string of the molecule is CNC(C)(C)C(=O)NCC(O)c1ccsc1. The molecular formula is C11H18N2O2S. The van der Waals surface area contributed by atoms with Crippen molar-refractivity contribution < 1.29 is 9.90 Å². The van der Waals surface area contributed by atoms with Gasteiger partial charge < -0.3 is 15.7 Å². The van der Waals surface area contributed by atoms with Crippen LogP contribution >= 0.6 is 11.3 Å². The van der Waals surface area contributed by atoms with Gasteiger partial charge in [-0.3, -0.25) is 4.79 Å². The number of rotatable bonds is 5. The molecule has 3 N–H and O–H groups in total. The van der Waals surface area contributed by atoms with E-state index < -0.39 is 11.6 Å². The molecule has 0 saturated heterocycles. The van der Waals surface area contributed by atoms with Gasteiger partial charge in [0.25, 0.3) is 0 Å². The average Bonchev–Trinajstić information content (AvgIpc) is 2.78. The summed E-state index contributed by atoms with van der Waals surface area (Å²) in [5.41, 5.74) is 0.224. The van der Waals surface area contributed by atoms with Crippen LogP contribution in [0.4, 0.5) is 0 Å². The van der Waals surface area contributed by atoms with E-state index in [4.69, 9.17) is 0 Å². The second-order valence-electron chi connectivity index (χ2n) is 4.16. The van der Waals surface area contributed by atoms with E-state index in [0.717, 1.165) is 5.56 Å². The Labute approximate surface area is 99.7 Å². The molecule has 0 fully saturated rings. The van der Waals surface area contributed by atoms with Crippen LogP contribution in [0.2, 0.25) is 0 Å². The van der Waals surface area contributed by atoms with Gasteiger partial charge in [-0.1, -0.05) is 0 Å². The third kappa shape index (κ3) is 3.30. The van der Waals surface area contributed by atoms with Crippen molar-refractivity contribution in [1.82, 2.24) is 10.6 Å². The summed E-state index contributed by atoms with van der Waals surface area (Å²) in [7, 11) is 1.73. The number of carbonyl (C=O) groups is 1. The summed E-state index contributed by atoms with van der Waals surface area (Å²) in [6.07, 6.45) is -0.636. The fourth-order valence-electron chi connectivity index (χ4n) is 1.11. The van der Waals surface area contributed by atoms with Crippen LogP contribution in [0.5, 0.6) is 0 Å². The largest absolute Gasteiger partial charge is 0.387 e. The van der Waals surface area contributed by atoms with Gasteiger partial charge in [-0.25, -0.2) is 0 Å². The fourth-order valence-corrected chi connectivity index (χ4v) is 1.81. The molecule has 90 valence electrons. The first-order valence-corrected chi connectivity index (χ1v) is 6.09. The third-order valence-electron chi connectivity index (χ3n) is 2.58. The number of aliphatic hydroxyl groups is 1. The van der Waals surface area contributed by atoms with Crippen LogP contribution in [0.15, 0.2) is 16.8 Å². The van der Waals surface area contributed by atoms with Gasteiger partial charge in [0.2, 0.25) is 5.91 Å². The summed E-state index contributed by atoms with van der Waals surface area (Å²) in [5.74, 6) is -0.121. The van der Waals surface area contributed by atoms with Gasteiger partial charge in [0.15, 0.2) is 0 Å². The topological polar surface area (TPSA) is 61.4 Å². The maximum Gasteiger partial charge on any atom is 0.239 e. The molecule has 0 aliphatic carbocycles. The molecule has 0 aliphatic rings. The summed E-state index contributed by atoms with van der Waals surface area (Å²) < 4.78 is 0. The van der Waals surface area contributed by atoms with Crippen molar-refractivity contribution in [2.45, 2.75) is 25.5 Å². The van der Waals surface area contributed by atoms with Crippen molar-refractivity contribution in [2.75, 3.05) is 13.6 Å². The molecule has 1 atom stereocenters. The van der Waals surface area contributed by atoms with E-state index in [1.165, 1.54) is 11.3 Å². The molecule has 0 spiro atoms. The minimum absolute atomic E-state index is 0.121. The van der Waals surface area contributed by atoms with E-state index in [1.807, 2.05) is 16.8 Å². The van der Waals surface area contributed by atoms with E-state index in [9.17, 15) is 9.90 Å². The number of thiophene rings is 1. The molecule has 0 bridgehead atoms. The first-order chi connectivity index (χ1) is 7.47. The lowest BCUT2D eigenvalue weighted by atomic mass is 10.1. The number of amides is 1. The molecule has 4 nitrogen and oxygen atoms in total. The minimum atomic E-state index is -0.636. The molecule has 1 rings (SSSR count).